The fourth-order valence-corrected chi connectivity index (χ4v) is 2.31. The molecule has 2 heterocycles. The number of ether oxygens (including phenoxy) is 2. The molecule has 1 aromatic rings. The van der Waals surface area contributed by atoms with Crippen LogP contribution in [0, 0.1) is 18.5 Å². The Bertz CT molecular complexity index is 283. The molecule has 0 bridgehead atoms. The lowest BCUT2D eigenvalue weighted by atomic mass is 10.4. The molecule has 0 spiro atoms. The van der Waals surface area contributed by atoms with Gasteiger partial charge in [0.25, 0.3) is 0 Å². The highest BCUT2D eigenvalue weighted by Gasteiger charge is 2.24. The third kappa shape index (κ3) is 1.47. The number of hydrogen-bond acceptors (Lipinski definition) is 4. The first kappa shape index (κ1) is 8.44. The van der Waals surface area contributed by atoms with Crippen LogP contribution in [0.3, 0.4) is 0 Å². The molecule has 0 saturated carbocycles. The Labute approximate surface area is 79.3 Å². The fourth-order valence-electron chi connectivity index (χ4n) is 1.11. The van der Waals surface area contributed by atoms with Gasteiger partial charge in [-0.25, -0.2) is 0 Å². The van der Waals surface area contributed by atoms with E-state index in [4.69, 9.17) is 21.1 Å². The Balaban J connectivity index is 2.25. The first-order valence-corrected chi connectivity index (χ1v) is 4.87. The maximum absolute atomic E-state index is 5.34. The normalized spacial score (nSPS) is 18.8. The van der Waals surface area contributed by atoms with Crippen LogP contribution in [0.1, 0.15) is 16.9 Å². The minimum absolute atomic E-state index is 0.223. The third-order valence-electron chi connectivity index (χ3n) is 1.65. The molecule has 1 aliphatic heterocycles. The molecule has 3 nitrogen and oxygen atoms in total. The molecule has 0 aliphatic carbocycles. The minimum atomic E-state index is -0.223. The lowest BCUT2D eigenvalue weighted by Gasteiger charge is -2.05. The number of halogens is 1. The smallest absolute Gasteiger partial charge is 0.345 e. The van der Waals surface area contributed by atoms with Gasteiger partial charge in [0.05, 0.1) is 23.8 Å². The second-order valence-electron chi connectivity index (χ2n) is 2.50. The third-order valence-corrected chi connectivity index (χ3v) is 2.96. The Hall–Kier alpha value is -0.160. The van der Waals surface area contributed by atoms with Crippen LogP contribution in [-0.2, 0) is 9.47 Å². The van der Waals surface area contributed by atoms with Crippen LogP contribution < -0.4 is 0 Å². The van der Waals surface area contributed by atoms with Crippen LogP contribution in [0.5, 0.6) is 0 Å². The second-order valence-corrected chi connectivity index (χ2v) is 4.18. The zero-order valence-corrected chi connectivity index (χ0v) is 8.20. The monoisotopic (exact) mass is 206 g/mol. The van der Waals surface area contributed by atoms with Crippen molar-refractivity contribution >= 4 is 11.3 Å². The topological polar surface area (TPSA) is 31.4 Å². The van der Waals surface area contributed by atoms with E-state index in [0.717, 1.165) is 10.6 Å². The molecule has 0 N–H and O–H groups in total. The van der Waals surface area contributed by atoms with Gasteiger partial charge in [-0.2, -0.15) is 4.98 Å². The largest absolute Gasteiger partial charge is 0.375 e. The summed E-state index contributed by atoms with van der Waals surface area (Å²) >= 11 is 6.42. The van der Waals surface area contributed by atoms with Gasteiger partial charge in [0.1, 0.15) is 0 Å². The Morgan fingerprint density at radius 1 is 1.50 bits per heavy atom. The summed E-state index contributed by atoms with van der Waals surface area (Å²) in [4.78, 5) is 5.14. The Kier molecular flexibility index (Phi) is 2.32. The summed E-state index contributed by atoms with van der Waals surface area (Å²) in [6.07, 6.45) is -0.223. The molecule has 0 radical (unpaired) electrons. The number of rotatable bonds is 1. The van der Waals surface area contributed by atoms with Crippen molar-refractivity contribution in [3.8, 4) is 0 Å². The van der Waals surface area contributed by atoms with Crippen molar-refractivity contribution in [1.29, 1.82) is 0 Å². The summed E-state index contributed by atoms with van der Waals surface area (Å²) in [5.41, 5.74) is 0.928. The molecule has 0 atom stereocenters. The maximum Gasteiger partial charge on any atom is 0.375 e. The quantitative estimate of drug-likeness (QED) is 0.692. The van der Waals surface area contributed by atoms with E-state index in [1.807, 2.05) is 6.92 Å². The van der Waals surface area contributed by atoms with Crippen LogP contribution in [0.25, 0.3) is 0 Å². The van der Waals surface area contributed by atoms with E-state index in [1.165, 1.54) is 11.3 Å². The van der Waals surface area contributed by atoms with E-state index < -0.39 is 0 Å². The lowest BCUT2D eigenvalue weighted by molar-refractivity contribution is -0.288. The molecule has 0 amide bonds. The van der Waals surface area contributed by atoms with Gasteiger partial charge in [0.15, 0.2) is 17.9 Å². The number of nitrogens with zero attached hydrogens (tertiary/aromatic N) is 1. The molecule has 2 rings (SSSR count). The summed E-state index contributed by atoms with van der Waals surface area (Å²) in [5, 5.41) is 0. The molecule has 0 aromatic carbocycles. The fraction of sp³-hybridized carbons (Fsp3) is 0.571. The van der Waals surface area contributed by atoms with E-state index >= 15 is 0 Å². The van der Waals surface area contributed by atoms with Gasteiger partial charge in [-0.3, -0.25) is 0 Å². The molecular weight excluding hydrogens is 198 g/mol. The van der Waals surface area contributed by atoms with Crippen molar-refractivity contribution in [3.05, 3.63) is 15.0 Å². The van der Waals surface area contributed by atoms with Gasteiger partial charge in [-0.05, 0) is 6.92 Å². The van der Waals surface area contributed by atoms with Crippen molar-refractivity contribution < 1.29 is 21.1 Å². The van der Waals surface area contributed by atoms with Crippen molar-refractivity contribution in [1.82, 2.24) is 4.98 Å². The molecule has 1 aliphatic rings. The molecule has 1 saturated heterocycles. The van der Waals surface area contributed by atoms with E-state index in [-0.39, 0.29) is 6.29 Å². The number of aryl methyl sites for hydroxylation is 1. The van der Waals surface area contributed by atoms with Gasteiger partial charge in [0.2, 0.25) is 0 Å². The number of hydrogen-bond donors (Lipinski definition) is 0. The minimum Gasteiger partial charge on any atom is -0.345 e. The highest BCUT2D eigenvalue weighted by molar-refractivity contribution is 7.11. The van der Waals surface area contributed by atoms with Gasteiger partial charge < -0.3 is 9.47 Å². The van der Waals surface area contributed by atoms with E-state index in [9.17, 15) is 0 Å². The van der Waals surface area contributed by atoms with Gasteiger partial charge in [-0.1, -0.05) is 11.3 Å². The molecule has 1 aromatic heterocycles. The van der Waals surface area contributed by atoms with Crippen LogP contribution in [0.15, 0.2) is 0 Å². The average molecular weight is 207 g/mol. The summed E-state index contributed by atoms with van der Waals surface area (Å²) in [7, 11) is 0. The van der Waals surface area contributed by atoms with Crippen molar-refractivity contribution in [2.45, 2.75) is 13.2 Å². The van der Waals surface area contributed by atoms with Crippen molar-refractivity contribution in [2.75, 3.05) is 13.2 Å². The SMILES string of the molecule is Cc1nc([ClH+])sc1C1OCCO1. The zero-order valence-electron chi connectivity index (χ0n) is 6.57. The second kappa shape index (κ2) is 3.30. The van der Waals surface area contributed by atoms with E-state index in [0.29, 0.717) is 17.7 Å². The number of thiazole rings is 1. The lowest BCUT2D eigenvalue weighted by Crippen LogP contribution is -1.96. The van der Waals surface area contributed by atoms with Gasteiger partial charge in [-0.15, -0.1) is 0 Å². The summed E-state index contributed by atoms with van der Waals surface area (Å²) in [6, 6.07) is 0. The van der Waals surface area contributed by atoms with Crippen LogP contribution in [-0.4, -0.2) is 18.2 Å². The standard InChI is InChI=1S/C7H9ClNO2S/c1-4-5(12-7(8)9-4)6-10-2-3-11-6/h6,8H,2-3H2,1H3/q+1. The van der Waals surface area contributed by atoms with Crippen molar-refractivity contribution in [3.63, 3.8) is 0 Å². The molecule has 5 heteroatoms. The molecule has 1 fully saturated rings. The summed E-state index contributed by atoms with van der Waals surface area (Å²) in [6.45, 7) is 3.25. The van der Waals surface area contributed by atoms with Gasteiger partial charge >= 0.3 is 4.47 Å². The Morgan fingerprint density at radius 2 is 2.17 bits per heavy atom. The predicted octanol–water partition coefficient (Wildman–Crippen LogP) is 1.19. The molecule has 66 valence electrons. The first-order valence-electron chi connectivity index (χ1n) is 3.65. The molecular formula is C7H9ClNO2S+. The zero-order chi connectivity index (χ0) is 8.55. The highest BCUT2D eigenvalue weighted by Crippen LogP contribution is 2.31. The van der Waals surface area contributed by atoms with Crippen LogP contribution >= 0.6 is 11.3 Å². The van der Waals surface area contributed by atoms with Crippen LogP contribution in [0.2, 0.25) is 4.47 Å². The first-order chi connectivity index (χ1) is 5.77. The van der Waals surface area contributed by atoms with Gasteiger partial charge in [0, 0.05) is 0 Å². The molecule has 12 heavy (non-hydrogen) atoms. The summed E-state index contributed by atoms with van der Waals surface area (Å²) in [5.74, 6) is 0. The molecule has 0 unspecified atom stereocenters. The van der Waals surface area contributed by atoms with Crippen molar-refractivity contribution in [2.24, 2.45) is 0 Å². The maximum atomic E-state index is 5.34. The van der Waals surface area contributed by atoms with Crippen LogP contribution in [0.4, 0.5) is 0 Å². The summed E-state index contributed by atoms with van der Waals surface area (Å²) < 4.78 is 11.3. The predicted molar refractivity (Wildman–Crippen MR) is 42.0 cm³/mol. The number of aromatic nitrogens is 1. The van der Waals surface area contributed by atoms with E-state index in [1.54, 1.807) is 0 Å². The van der Waals surface area contributed by atoms with E-state index in [2.05, 4.69) is 4.98 Å². The Morgan fingerprint density at radius 3 is 2.67 bits per heavy atom. The average Bonchev–Trinajstić information content (AvgIpc) is 2.58. The highest BCUT2D eigenvalue weighted by atomic mass is 35.5.